The van der Waals surface area contributed by atoms with Crippen LogP contribution in [0, 0.1) is 5.92 Å². The normalized spacial score (nSPS) is 18.2. The molecule has 1 N–H and O–H groups in total. The summed E-state index contributed by atoms with van der Waals surface area (Å²) < 4.78 is 10.7. The molecule has 0 spiro atoms. The van der Waals surface area contributed by atoms with Crippen LogP contribution in [0.2, 0.25) is 0 Å². The van der Waals surface area contributed by atoms with Gasteiger partial charge in [-0.1, -0.05) is 30.3 Å². The van der Waals surface area contributed by atoms with E-state index in [-0.39, 0.29) is 0 Å². The Morgan fingerprint density at radius 2 is 2.12 bits per heavy atom. The van der Waals surface area contributed by atoms with Crippen LogP contribution in [0.15, 0.2) is 35.3 Å². The molecule has 1 aromatic rings. The maximum absolute atomic E-state index is 5.67. The van der Waals surface area contributed by atoms with Crippen molar-refractivity contribution < 1.29 is 9.47 Å². The Hall–Kier alpha value is -1.59. The molecule has 0 aliphatic carbocycles. The molecule has 0 amide bonds. The van der Waals surface area contributed by atoms with Gasteiger partial charge in [-0.05, 0) is 25.3 Å². The third kappa shape index (κ3) is 6.49. The van der Waals surface area contributed by atoms with E-state index >= 15 is 0 Å². The zero-order chi connectivity index (χ0) is 17.0. The lowest BCUT2D eigenvalue weighted by atomic mass is 10.1. The lowest BCUT2D eigenvalue weighted by Crippen LogP contribution is -2.40. The number of rotatable bonds is 9. The van der Waals surface area contributed by atoms with Crippen molar-refractivity contribution in [3.8, 4) is 0 Å². The minimum Gasteiger partial charge on any atom is -0.382 e. The second kappa shape index (κ2) is 11.0. The van der Waals surface area contributed by atoms with Crippen molar-refractivity contribution in [2.24, 2.45) is 10.9 Å². The van der Waals surface area contributed by atoms with Crippen LogP contribution in [0.1, 0.15) is 18.9 Å². The highest BCUT2D eigenvalue weighted by Crippen LogP contribution is 2.16. The summed E-state index contributed by atoms with van der Waals surface area (Å²) in [6, 6.07) is 10.5. The van der Waals surface area contributed by atoms with Crippen molar-refractivity contribution in [2.75, 3.05) is 53.1 Å². The number of hydrogen-bond donors (Lipinski definition) is 1. The van der Waals surface area contributed by atoms with E-state index in [2.05, 4.69) is 47.5 Å². The lowest BCUT2D eigenvalue weighted by molar-refractivity contribution is 0.0536. The highest BCUT2D eigenvalue weighted by Gasteiger charge is 2.24. The topological polar surface area (TPSA) is 46.1 Å². The summed E-state index contributed by atoms with van der Waals surface area (Å²) >= 11 is 0. The van der Waals surface area contributed by atoms with Crippen LogP contribution >= 0.6 is 0 Å². The van der Waals surface area contributed by atoms with Gasteiger partial charge in [-0.25, -0.2) is 0 Å². The van der Waals surface area contributed by atoms with E-state index in [0.717, 1.165) is 51.6 Å². The van der Waals surface area contributed by atoms with Crippen LogP contribution in [0.5, 0.6) is 0 Å². The largest absolute Gasteiger partial charge is 0.382 e. The van der Waals surface area contributed by atoms with Crippen molar-refractivity contribution in [1.29, 1.82) is 0 Å². The Morgan fingerprint density at radius 3 is 2.88 bits per heavy atom. The molecule has 1 aliphatic rings. The van der Waals surface area contributed by atoms with Crippen LogP contribution in [-0.4, -0.2) is 64.0 Å². The van der Waals surface area contributed by atoms with Crippen molar-refractivity contribution in [3.63, 3.8) is 0 Å². The van der Waals surface area contributed by atoms with Gasteiger partial charge in [-0.3, -0.25) is 4.99 Å². The number of nitrogens with one attached hydrogen (secondary N) is 1. The Kier molecular flexibility index (Phi) is 8.63. The molecule has 24 heavy (non-hydrogen) atoms. The van der Waals surface area contributed by atoms with Crippen LogP contribution in [0.4, 0.5) is 0 Å². The zero-order valence-corrected chi connectivity index (χ0v) is 15.0. The molecule has 1 aliphatic heterocycles. The minimum atomic E-state index is 0.583. The SMILES string of the molecule is CCNC(=NCCc1ccccc1)N1CCC(COCCOC)C1. The van der Waals surface area contributed by atoms with Crippen molar-refractivity contribution in [3.05, 3.63) is 35.9 Å². The summed E-state index contributed by atoms with van der Waals surface area (Å²) in [7, 11) is 1.70. The van der Waals surface area contributed by atoms with Crippen LogP contribution in [-0.2, 0) is 15.9 Å². The van der Waals surface area contributed by atoms with Gasteiger partial charge in [0.05, 0.1) is 19.8 Å². The number of hydrogen-bond acceptors (Lipinski definition) is 3. The molecule has 1 heterocycles. The molecule has 1 atom stereocenters. The number of ether oxygens (including phenoxy) is 2. The summed E-state index contributed by atoms with van der Waals surface area (Å²) in [5.74, 6) is 1.62. The van der Waals surface area contributed by atoms with Crippen molar-refractivity contribution >= 4 is 5.96 Å². The summed E-state index contributed by atoms with van der Waals surface area (Å²) in [6.07, 6.45) is 2.14. The maximum Gasteiger partial charge on any atom is 0.193 e. The first-order valence-corrected chi connectivity index (χ1v) is 8.97. The molecule has 1 fully saturated rings. The van der Waals surface area contributed by atoms with E-state index < -0.39 is 0 Å². The molecule has 0 aromatic heterocycles. The van der Waals surface area contributed by atoms with Crippen molar-refractivity contribution in [2.45, 2.75) is 19.8 Å². The quantitative estimate of drug-likeness (QED) is 0.427. The number of likely N-dealkylation sites (tertiary alicyclic amines) is 1. The fourth-order valence-electron chi connectivity index (χ4n) is 2.91. The van der Waals surface area contributed by atoms with E-state index in [1.807, 2.05) is 0 Å². The predicted octanol–water partition coefficient (Wildman–Crippen LogP) is 2.18. The van der Waals surface area contributed by atoms with Gasteiger partial charge < -0.3 is 19.7 Å². The van der Waals surface area contributed by atoms with Gasteiger partial charge in [-0.15, -0.1) is 0 Å². The minimum absolute atomic E-state index is 0.583. The Morgan fingerprint density at radius 1 is 1.29 bits per heavy atom. The molecule has 2 rings (SSSR count). The second-order valence-electron chi connectivity index (χ2n) is 6.14. The molecular formula is C19H31N3O2. The number of aliphatic imine (C=N–C) groups is 1. The maximum atomic E-state index is 5.67. The average Bonchev–Trinajstić information content (AvgIpc) is 3.08. The molecule has 1 unspecified atom stereocenters. The molecule has 0 saturated carbocycles. The van der Waals surface area contributed by atoms with Gasteiger partial charge in [0.2, 0.25) is 0 Å². The summed E-state index contributed by atoms with van der Waals surface area (Å²) in [4.78, 5) is 7.17. The number of benzene rings is 1. The third-order valence-corrected chi connectivity index (χ3v) is 4.21. The van der Waals surface area contributed by atoms with Gasteiger partial charge in [0.15, 0.2) is 5.96 Å². The van der Waals surface area contributed by atoms with Gasteiger partial charge in [0, 0.05) is 39.2 Å². The molecule has 0 radical (unpaired) electrons. The summed E-state index contributed by atoms with van der Waals surface area (Å²) in [5.41, 5.74) is 1.34. The standard InChI is InChI=1S/C19H31N3O2/c1-3-20-19(21-11-9-17-7-5-4-6-8-17)22-12-10-18(15-22)16-24-14-13-23-2/h4-8,18H,3,9-16H2,1-2H3,(H,20,21). The first kappa shape index (κ1) is 18.7. The Bertz CT molecular complexity index is 479. The lowest BCUT2D eigenvalue weighted by Gasteiger charge is -2.21. The fourth-order valence-corrected chi connectivity index (χ4v) is 2.91. The Balaban J connectivity index is 1.78. The second-order valence-corrected chi connectivity index (χ2v) is 6.14. The average molecular weight is 333 g/mol. The zero-order valence-electron chi connectivity index (χ0n) is 15.0. The molecule has 5 heteroatoms. The molecule has 0 bridgehead atoms. The van der Waals surface area contributed by atoms with Gasteiger partial charge in [-0.2, -0.15) is 0 Å². The third-order valence-electron chi connectivity index (χ3n) is 4.21. The van der Waals surface area contributed by atoms with Gasteiger partial charge >= 0.3 is 0 Å². The van der Waals surface area contributed by atoms with E-state index in [0.29, 0.717) is 19.1 Å². The number of methoxy groups -OCH3 is 1. The molecule has 134 valence electrons. The van der Waals surface area contributed by atoms with Crippen LogP contribution in [0.3, 0.4) is 0 Å². The van der Waals surface area contributed by atoms with Gasteiger partial charge in [0.1, 0.15) is 0 Å². The molecule has 5 nitrogen and oxygen atoms in total. The fraction of sp³-hybridized carbons (Fsp3) is 0.632. The first-order valence-electron chi connectivity index (χ1n) is 8.97. The summed E-state index contributed by atoms with van der Waals surface area (Å²) in [5, 5.41) is 3.42. The molecule has 1 saturated heterocycles. The summed E-state index contributed by atoms with van der Waals surface area (Å²) in [6.45, 7) is 8.06. The highest BCUT2D eigenvalue weighted by molar-refractivity contribution is 5.80. The smallest absolute Gasteiger partial charge is 0.193 e. The Labute approximate surface area is 146 Å². The monoisotopic (exact) mass is 333 g/mol. The van der Waals surface area contributed by atoms with Gasteiger partial charge in [0.25, 0.3) is 0 Å². The molecular weight excluding hydrogens is 302 g/mol. The van der Waals surface area contributed by atoms with Crippen LogP contribution < -0.4 is 5.32 Å². The number of nitrogens with zero attached hydrogens (tertiary/aromatic N) is 2. The van der Waals surface area contributed by atoms with E-state index in [1.165, 1.54) is 5.56 Å². The van der Waals surface area contributed by atoms with E-state index in [4.69, 9.17) is 14.5 Å². The number of guanidine groups is 1. The van der Waals surface area contributed by atoms with Crippen molar-refractivity contribution in [1.82, 2.24) is 10.2 Å². The van der Waals surface area contributed by atoms with Crippen LogP contribution in [0.25, 0.3) is 0 Å². The molecule has 1 aromatic carbocycles. The first-order chi connectivity index (χ1) is 11.8. The highest BCUT2D eigenvalue weighted by atomic mass is 16.5. The predicted molar refractivity (Wildman–Crippen MR) is 98.5 cm³/mol. The van der Waals surface area contributed by atoms with E-state index in [9.17, 15) is 0 Å². The van der Waals surface area contributed by atoms with E-state index in [1.54, 1.807) is 7.11 Å².